The minimum atomic E-state index is -4.49. The van der Waals surface area contributed by atoms with E-state index in [-0.39, 0.29) is 29.1 Å². The first-order valence-corrected chi connectivity index (χ1v) is 11.0. The van der Waals surface area contributed by atoms with E-state index in [1.807, 2.05) is 0 Å². The van der Waals surface area contributed by atoms with Crippen molar-refractivity contribution in [3.63, 3.8) is 0 Å². The van der Waals surface area contributed by atoms with Crippen molar-refractivity contribution in [2.45, 2.75) is 23.4 Å². The van der Waals surface area contributed by atoms with Crippen LogP contribution in [-0.4, -0.2) is 32.1 Å². The molecule has 1 atom stereocenters. The zero-order valence-corrected chi connectivity index (χ0v) is 17.6. The van der Waals surface area contributed by atoms with Crippen LogP contribution >= 0.6 is 0 Å². The van der Waals surface area contributed by atoms with E-state index < -0.39 is 21.8 Å². The number of hydrogen-bond donors (Lipinski definition) is 1. The van der Waals surface area contributed by atoms with Gasteiger partial charge < -0.3 is 9.47 Å². The lowest BCUT2D eigenvalue weighted by Gasteiger charge is -2.28. The van der Waals surface area contributed by atoms with E-state index in [1.54, 1.807) is 12.1 Å². The maximum absolute atomic E-state index is 13.1. The highest BCUT2D eigenvalue weighted by Crippen LogP contribution is 2.44. The Morgan fingerprint density at radius 3 is 2.50 bits per heavy atom. The van der Waals surface area contributed by atoms with Gasteiger partial charge in [0.25, 0.3) is 10.0 Å². The number of benzene rings is 2. The largest absolute Gasteiger partial charge is 0.496 e. The molecule has 32 heavy (non-hydrogen) atoms. The molecule has 0 aliphatic carbocycles. The Kier molecular flexibility index (Phi) is 5.68. The van der Waals surface area contributed by atoms with E-state index in [9.17, 15) is 21.6 Å². The zero-order valence-electron chi connectivity index (χ0n) is 16.8. The third-order valence-electron chi connectivity index (χ3n) is 5.06. The van der Waals surface area contributed by atoms with Gasteiger partial charge in [0.05, 0.1) is 24.2 Å². The first-order valence-electron chi connectivity index (χ1n) is 9.51. The quantitative estimate of drug-likeness (QED) is 0.607. The van der Waals surface area contributed by atoms with Crippen molar-refractivity contribution in [1.29, 1.82) is 0 Å². The number of alkyl halides is 3. The van der Waals surface area contributed by atoms with Crippen LogP contribution in [0, 0.1) is 0 Å². The normalized spacial score (nSPS) is 16.1. The van der Waals surface area contributed by atoms with Gasteiger partial charge >= 0.3 is 6.18 Å². The molecule has 1 aliphatic rings. The molecule has 1 N–H and O–H groups in total. The van der Waals surface area contributed by atoms with Crippen LogP contribution in [0.15, 0.2) is 59.8 Å². The van der Waals surface area contributed by atoms with Crippen LogP contribution in [-0.2, 0) is 16.2 Å². The molecule has 11 heteroatoms. The molecule has 0 radical (unpaired) electrons. The van der Waals surface area contributed by atoms with Crippen LogP contribution in [0.4, 0.5) is 19.1 Å². The fourth-order valence-corrected chi connectivity index (χ4v) is 4.54. The van der Waals surface area contributed by atoms with Crippen LogP contribution in [0.1, 0.15) is 29.0 Å². The van der Waals surface area contributed by atoms with Crippen molar-refractivity contribution in [2.75, 3.05) is 18.4 Å². The number of halogens is 3. The molecule has 0 amide bonds. The van der Waals surface area contributed by atoms with Gasteiger partial charge in [-0.1, -0.05) is 12.1 Å². The lowest BCUT2D eigenvalue weighted by Crippen LogP contribution is -2.19. The molecule has 0 saturated heterocycles. The molecular weight excluding hydrogens is 447 g/mol. The number of fused-ring (bicyclic) bond motifs is 1. The van der Waals surface area contributed by atoms with Gasteiger partial charge in [-0.3, -0.25) is 0 Å². The maximum atomic E-state index is 13.1. The van der Waals surface area contributed by atoms with Crippen LogP contribution in [0.5, 0.6) is 11.5 Å². The fraction of sp³-hybridized carbons (Fsp3) is 0.238. The molecule has 1 aromatic heterocycles. The van der Waals surface area contributed by atoms with Gasteiger partial charge in [0.1, 0.15) is 11.5 Å². The van der Waals surface area contributed by atoms with Gasteiger partial charge in [-0.25, -0.2) is 23.1 Å². The topological polar surface area (TPSA) is 90.4 Å². The number of sulfonamides is 1. The molecule has 0 bridgehead atoms. The monoisotopic (exact) mass is 465 g/mol. The standard InChI is InChI=1S/C21H18F3N3O4S/c1-30-18-11-13(21(22,23)24)3-5-16(18)15-7-10-31-19-12-14(4-6-17(15)19)32(28,29)27-20-25-8-2-9-26-20/h2-6,8-9,11-12,15H,7,10H2,1H3,(H,25,26,27)/t15-/m0/s1. The number of rotatable bonds is 5. The summed E-state index contributed by atoms with van der Waals surface area (Å²) in [6.45, 7) is 0.264. The van der Waals surface area contributed by atoms with Crippen LogP contribution in [0.2, 0.25) is 0 Å². The second kappa shape index (κ2) is 8.30. The summed E-state index contributed by atoms with van der Waals surface area (Å²) in [6, 6.07) is 9.30. The summed E-state index contributed by atoms with van der Waals surface area (Å²) in [5.41, 5.74) is 0.418. The van der Waals surface area contributed by atoms with Gasteiger partial charge in [0.2, 0.25) is 5.95 Å². The molecule has 4 rings (SSSR count). The number of nitrogens with one attached hydrogen (secondary N) is 1. The van der Waals surface area contributed by atoms with Crippen LogP contribution in [0.25, 0.3) is 0 Å². The van der Waals surface area contributed by atoms with Gasteiger partial charge in [-0.15, -0.1) is 0 Å². The molecule has 0 fully saturated rings. The number of ether oxygens (including phenoxy) is 2. The van der Waals surface area contributed by atoms with Crippen molar-refractivity contribution in [2.24, 2.45) is 0 Å². The van der Waals surface area contributed by atoms with E-state index in [4.69, 9.17) is 9.47 Å². The number of anilines is 1. The minimum Gasteiger partial charge on any atom is -0.496 e. The molecule has 7 nitrogen and oxygen atoms in total. The van der Waals surface area contributed by atoms with Gasteiger partial charge in [0.15, 0.2) is 0 Å². The van der Waals surface area contributed by atoms with Gasteiger partial charge in [-0.2, -0.15) is 13.2 Å². The summed E-state index contributed by atoms with van der Waals surface area (Å²) >= 11 is 0. The summed E-state index contributed by atoms with van der Waals surface area (Å²) in [7, 11) is -2.66. The van der Waals surface area contributed by atoms with Crippen molar-refractivity contribution < 1.29 is 31.1 Å². The Morgan fingerprint density at radius 2 is 1.81 bits per heavy atom. The number of nitrogens with zero attached hydrogens (tertiary/aromatic N) is 2. The maximum Gasteiger partial charge on any atom is 0.416 e. The van der Waals surface area contributed by atoms with Crippen molar-refractivity contribution in [1.82, 2.24) is 9.97 Å². The van der Waals surface area contributed by atoms with Crippen molar-refractivity contribution >= 4 is 16.0 Å². The first kappa shape index (κ1) is 21.9. The predicted molar refractivity (Wildman–Crippen MR) is 109 cm³/mol. The molecule has 2 aromatic carbocycles. The Balaban J connectivity index is 1.69. The highest BCUT2D eigenvalue weighted by Gasteiger charge is 2.33. The number of hydrogen-bond acceptors (Lipinski definition) is 6. The average Bonchev–Trinajstić information content (AvgIpc) is 2.77. The number of methoxy groups -OCH3 is 1. The van der Waals surface area contributed by atoms with Crippen molar-refractivity contribution in [3.05, 3.63) is 71.5 Å². The van der Waals surface area contributed by atoms with Crippen molar-refractivity contribution in [3.8, 4) is 11.5 Å². The summed E-state index contributed by atoms with van der Waals surface area (Å²) in [6.07, 6.45) is -1.18. The summed E-state index contributed by atoms with van der Waals surface area (Å²) in [5, 5.41) is 0. The van der Waals surface area contributed by atoms with E-state index in [1.165, 1.54) is 37.7 Å². The van der Waals surface area contributed by atoms with E-state index in [2.05, 4.69) is 14.7 Å². The molecule has 1 aliphatic heterocycles. The smallest absolute Gasteiger partial charge is 0.416 e. The Morgan fingerprint density at radius 1 is 1.09 bits per heavy atom. The summed E-state index contributed by atoms with van der Waals surface area (Å²) in [5.74, 6) is 0.0500. The predicted octanol–water partition coefficient (Wildman–Crippen LogP) is 4.22. The van der Waals surface area contributed by atoms with Crippen LogP contribution in [0.3, 0.4) is 0 Å². The Labute approximate surface area is 182 Å². The van der Waals surface area contributed by atoms with E-state index in [0.717, 1.165) is 12.1 Å². The molecule has 0 spiro atoms. The van der Waals surface area contributed by atoms with E-state index in [0.29, 0.717) is 23.3 Å². The average molecular weight is 465 g/mol. The summed E-state index contributed by atoms with van der Waals surface area (Å²) < 4.78 is 77.8. The molecule has 3 aromatic rings. The second-order valence-electron chi connectivity index (χ2n) is 7.02. The summed E-state index contributed by atoms with van der Waals surface area (Å²) in [4.78, 5) is 7.64. The molecular formula is C21H18F3N3O4S. The number of aromatic nitrogens is 2. The van der Waals surface area contributed by atoms with Gasteiger partial charge in [-0.05, 0) is 30.7 Å². The highest BCUT2D eigenvalue weighted by molar-refractivity contribution is 7.92. The molecule has 168 valence electrons. The first-order chi connectivity index (χ1) is 15.2. The lowest BCUT2D eigenvalue weighted by molar-refractivity contribution is -0.137. The van der Waals surface area contributed by atoms with E-state index >= 15 is 0 Å². The second-order valence-corrected chi connectivity index (χ2v) is 8.70. The fourth-order valence-electron chi connectivity index (χ4n) is 3.57. The zero-order chi connectivity index (χ0) is 22.9. The molecule has 2 heterocycles. The molecule has 0 unspecified atom stereocenters. The minimum absolute atomic E-state index is 0.0521. The van der Waals surface area contributed by atoms with Gasteiger partial charge in [0, 0.05) is 35.5 Å². The molecule has 0 saturated carbocycles. The highest BCUT2D eigenvalue weighted by atomic mass is 32.2. The third-order valence-corrected chi connectivity index (χ3v) is 6.39. The SMILES string of the molecule is COc1cc(C(F)(F)F)ccc1[C@@H]1CCOc2cc(S(=O)(=O)Nc3ncccn3)ccc21. The Bertz CT molecular complexity index is 1230. The third kappa shape index (κ3) is 4.33. The Hall–Kier alpha value is -3.34. The lowest BCUT2D eigenvalue weighted by atomic mass is 9.85. The van der Waals surface area contributed by atoms with Crippen LogP contribution < -0.4 is 14.2 Å².